The highest BCUT2D eigenvalue weighted by molar-refractivity contribution is 5.89. The van der Waals surface area contributed by atoms with Gasteiger partial charge in [-0.2, -0.15) is 0 Å². The fraction of sp³-hybridized carbons (Fsp3) is 0.267. The van der Waals surface area contributed by atoms with Crippen LogP contribution in [0.1, 0.15) is 18.9 Å². The summed E-state index contributed by atoms with van der Waals surface area (Å²) in [5, 5.41) is 10.2. The van der Waals surface area contributed by atoms with Crippen LogP contribution in [-0.2, 0) is 11.2 Å². The predicted molar refractivity (Wildman–Crippen MR) is 75.5 cm³/mol. The molecule has 0 saturated heterocycles. The second kappa shape index (κ2) is 6.39. The van der Waals surface area contributed by atoms with Gasteiger partial charge in [-0.15, -0.1) is 0 Å². The van der Waals surface area contributed by atoms with Crippen molar-refractivity contribution >= 4 is 11.7 Å². The van der Waals surface area contributed by atoms with Gasteiger partial charge < -0.3 is 5.11 Å². The van der Waals surface area contributed by atoms with Crippen LogP contribution >= 0.6 is 0 Å². The van der Waals surface area contributed by atoms with Crippen molar-refractivity contribution in [2.45, 2.75) is 19.8 Å². The molecule has 0 amide bonds. The molecule has 0 spiro atoms. The number of carboxylic acid groups (broad SMARTS) is 1. The van der Waals surface area contributed by atoms with Crippen LogP contribution in [0.4, 0.5) is 14.5 Å². The van der Waals surface area contributed by atoms with Crippen LogP contribution in [0.15, 0.2) is 36.1 Å². The molecule has 2 rings (SSSR count). The largest absolute Gasteiger partial charge is 0.478 e. The van der Waals surface area contributed by atoms with Gasteiger partial charge in [0.05, 0.1) is 12.1 Å². The first-order valence-corrected chi connectivity index (χ1v) is 6.64. The number of benzene rings is 1. The number of anilines is 1. The summed E-state index contributed by atoms with van der Waals surface area (Å²) >= 11 is 0. The standard InChI is InChI=1S/C15H16F2N2O2/c1-2-4-10-7-12(16)14(13(17)8-10)18-19-6-3-5-11(9-19)15(20)21/h3,5,7-9,18H,2,4,6H2,1H3,(H,20,21). The van der Waals surface area contributed by atoms with Gasteiger partial charge in [-0.3, -0.25) is 10.4 Å². The molecule has 0 atom stereocenters. The van der Waals surface area contributed by atoms with E-state index in [1.807, 2.05) is 6.92 Å². The van der Waals surface area contributed by atoms with E-state index in [1.165, 1.54) is 29.4 Å². The summed E-state index contributed by atoms with van der Waals surface area (Å²) in [6.45, 7) is 2.24. The lowest BCUT2D eigenvalue weighted by Gasteiger charge is -2.24. The summed E-state index contributed by atoms with van der Waals surface area (Å²) in [6, 6.07) is 2.58. The minimum Gasteiger partial charge on any atom is -0.478 e. The van der Waals surface area contributed by atoms with Crippen LogP contribution in [0.25, 0.3) is 0 Å². The van der Waals surface area contributed by atoms with E-state index in [9.17, 15) is 13.6 Å². The maximum absolute atomic E-state index is 14.0. The SMILES string of the molecule is CCCc1cc(F)c(NN2C=C(C(=O)O)C=CC2)c(F)c1. The number of nitrogens with zero attached hydrogens (tertiary/aromatic N) is 1. The van der Waals surface area contributed by atoms with E-state index in [0.29, 0.717) is 18.5 Å². The van der Waals surface area contributed by atoms with Crippen LogP contribution in [0.5, 0.6) is 0 Å². The number of nitrogens with one attached hydrogen (secondary N) is 1. The molecule has 0 saturated carbocycles. The van der Waals surface area contributed by atoms with Gasteiger partial charge >= 0.3 is 5.97 Å². The van der Waals surface area contributed by atoms with E-state index >= 15 is 0 Å². The van der Waals surface area contributed by atoms with Crippen LogP contribution < -0.4 is 5.43 Å². The van der Waals surface area contributed by atoms with Gasteiger partial charge in [0.25, 0.3) is 0 Å². The number of hydrogen-bond donors (Lipinski definition) is 2. The molecule has 112 valence electrons. The highest BCUT2D eigenvalue weighted by Gasteiger charge is 2.15. The Morgan fingerprint density at radius 2 is 2.05 bits per heavy atom. The Morgan fingerprint density at radius 1 is 1.38 bits per heavy atom. The summed E-state index contributed by atoms with van der Waals surface area (Å²) in [5.74, 6) is -2.49. The number of halogens is 2. The minimum absolute atomic E-state index is 0.0390. The molecule has 6 heteroatoms. The van der Waals surface area contributed by atoms with Crippen molar-refractivity contribution in [1.29, 1.82) is 0 Å². The quantitative estimate of drug-likeness (QED) is 0.876. The van der Waals surface area contributed by atoms with Crippen LogP contribution in [-0.4, -0.2) is 22.6 Å². The third-order valence-corrected chi connectivity index (χ3v) is 3.04. The van der Waals surface area contributed by atoms with Gasteiger partial charge in [0.15, 0.2) is 11.6 Å². The summed E-state index contributed by atoms with van der Waals surface area (Å²) in [6.07, 6.45) is 5.73. The Bertz CT molecular complexity index is 589. The zero-order chi connectivity index (χ0) is 15.4. The highest BCUT2D eigenvalue weighted by atomic mass is 19.1. The van der Waals surface area contributed by atoms with Gasteiger partial charge in [0.1, 0.15) is 5.69 Å². The van der Waals surface area contributed by atoms with Crippen LogP contribution in [0.3, 0.4) is 0 Å². The predicted octanol–water partition coefficient (Wildman–Crippen LogP) is 3.08. The smallest absolute Gasteiger partial charge is 0.337 e. The summed E-state index contributed by atoms with van der Waals surface area (Å²) in [7, 11) is 0. The lowest BCUT2D eigenvalue weighted by Crippen LogP contribution is -2.29. The third-order valence-electron chi connectivity index (χ3n) is 3.04. The number of carbonyl (C=O) groups is 1. The maximum atomic E-state index is 14.0. The van der Waals surface area contributed by atoms with Crippen molar-refractivity contribution < 1.29 is 18.7 Å². The van der Waals surface area contributed by atoms with E-state index in [0.717, 1.165) is 6.42 Å². The maximum Gasteiger partial charge on any atom is 0.337 e. The second-order valence-electron chi connectivity index (χ2n) is 4.74. The Kier molecular flexibility index (Phi) is 4.57. The molecule has 0 fully saturated rings. The lowest BCUT2D eigenvalue weighted by atomic mass is 10.1. The van der Waals surface area contributed by atoms with Crippen molar-refractivity contribution in [1.82, 2.24) is 5.01 Å². The van der Waals surface area contributed by atoms with Crippen molar-refractivity contribution in [3.63, 3.8) is 0 Å². The molecule has 0 aromatic heterocycles. The molecular weight excluding hydrogens is 278 g/mol. The van der Waals surface area contributed by atoms with Gasteiger partial charge in [-0.25, -0.2) is 13.6 Å². The van der Waals surface area contributed by atoms with Crippen molar-refractivity contribution in [3.8, 4) is 0 Å². The molecule has 1 heterocycles. The normalized spacial score (nSPS) is 14.0. The Hall–Kier alpha value is -2.37. The van der Waals surface area contributed by atoms with Crippen LogP contribution in [0, 0.1) is 11.6 Å². The molecule has 0 radical (unpaired) electrons. The Morgan fingerprint density at radius 3 is 2.62 bits per heavy atom. The number of aliphatic carboxylic acids is 1. The van der Waals surface area contributed by atoms with Crippen molar-refractivity contribution in [3.05, 3.63) is 53.3 Å². The average molecular weight is 294 g/mol. The van der Waals surface area contributed by atoms with E-state index in [-0.39, 0.29) is 11.3 Å². The first kappa shape index (κ1) is 15.0. The molecule has 1 aromatic carbocycles. The third kappa shape index (κ3) is 3.59. The van der Waals surface area contributed by atoms with E-state index < -0.39 is 17.6 Å². The average Bonchev–Trinajstić information content (AvgIpc) is 2.43. The van der Waals surface area contributed by atoms with Crippen molar-refractivity contribution in [2.75, 3.05) is 12.0 Å². The van der Waals surface area contributed by atoms with E-state index in [2.05, 4.69) is 5.43 Å². The van der Waals surface area contributed by atoms with Gasteiger partial charge in [-0.05, 0) is 30.2 Å². The van der Waals surface area contributed by atoms with E-state index in [4.69, 9.17) is 5.11 Å². The molecular formula is C15H16F2N2O2. The first-order valence-electron chi connectivity index (χ1n) is 6.64. The number of rotatable bonds is 5. The second-order valence-corrected chi connectivity index (χ2v) is 4.74. The Labute approximate surface area is 121 Å². The lowest BCUT2D eigenvalue weighted by molar-refractivity contribution is -0.132. The van der Waals surface area contributed by atoms with Gasteiger partial charge in [0, 0.05) is 6.20 Å². The molecule has 1 aliphatic heterocycles. The molecule has 2 N–H and O–H groups in total. The molecule has 21 heavy (non-hydrogen) atoms. The topological polar surface area (TPSA) is 52.6 Å². The van der Waals surface area contributed by atoms with Crippen LogP contribution in [0.2, 0.25) is 0 Å². The molecule has 1 aromatic rings. The monoisotopic (exact) mass is 294 g/mol. The number of aryl methyl sites for hydroxylation is 1. The molecule has 0 unspecified atom stereocenters. The minimum atomic E-state index is -1.10. The first-order chi connectivity index (χ1) is 10.0. The number of hydrazine groups is 1. The summed E-state index contributed by atoms with van der Waals surface area (Å²) in [4.78, 5) is 10.9. The highest BCUT2D eigenvalue weighted by Crippen LogP contribution is 2.23. The van der Waals surface area contributed by atoms with Gasteiger partial charge in [-0.1, -0.05) is 19.4 Å². The molecule has 0 aliphatic carbocycles. The Balaban J connectivity index is 2.20. The zero-order valence-electron chi connectivity index (χ0n) is 11.6. The van der Waals surface area contributed by atoms with Crippen molar-refractivity contribution in [2.24, 2.45) is 0 Å². The number of carboxylic acids is 1. The fourth-order valence-electron chi connectivity index (χ4n) is 2.07. The molecule has 0 bridgehead atoms. The molecule has 1 aliphatic rings. The fourth-order valence-corrected chi connectivity index (χ4v) is 2.07. The summed E-state index contributed by atoms with van der Waals surface area (Å²) < 4.78 is 27.9. The summed E-state index contributed by atoms with van der Waals surface area (Å²) in [5.41, 5.74) is 2.91. The number of hydrogen-bond acceptors (Lipinski definition) is 3. The zero-order valence-corrected chi connectivity index (χ0v) is 11.6. The van der Waals surface area contributed by atoms with Gasteiger partial charge in [0.2, 0.25) is 0 Å². The molecule has 4 nitrogen and oxygen atoms in total. The van der Waals surface area contributed by atoms with E-state index in [1.54, 1.807) is 6.08 Å².